The van der Waals surface area contributed by atoms with E-state index in [1.54, 1.807) is 29.3 Å². The summed E-state index contributed by atoms with van der Waals surface area (Å²) in [4.78, 5) is 22.8. The van der Waals surface area contributed by atoms with E-state index in [1.807, 2.05) is 30.5 Å². The van der Waals surface area contributed by atoms with Gasteiger partial charge in [-0.1, -0.05) is 6.07 Å². The van der Waals surface area contributed by atoms with E-state index < -0.39 is 0 Å². The Morgan fingerprint density at radius 3 is 2.68 bits per heavy atom. The number of aryl methyl sites for hydroxylation is 1. The summed E-state index contributed by atoms with van der Waals surface area (Å²) in [5.41, 5.74) is 2.11. The van der Waals surface area contributed by atoms with Crippen LogP contribution in [0.4, 0.5) is 10.1 Å². The number of hydrogen-bond acceptors (Lipinski definition) is 4. The lowest BCUT2D eigenvalue weighted by Crippen LogP contribution is -2.28. The fourth-order valence-electron chi connectivity index (χ4n) is 2.28. The molecule has 1 amide bonds. The second kappa shape index (κ2) is 7.81. The second-order valence-electron chi connectivity index (χ2n) is 5.35. The number of carbonyl (C=O) groups excluding carboxylic acids is 1. The molecule has 0 aliphatic heterocycles. The SMILES string of the molecule is Cc1nc(CN(C(=O)C=Cc2ccccn2)c2ccc(F)cc2)cs1. The van der Waals surface area contributed by atoms with Gasteiger partial charge in [-0.15, -0.1) is 11.3 Å². The number of rotatable bonds is 5. The first-order chi connectivity index (χ1) is 12.1. The van der Waals surface area contributed by atoms with Crippen LogP contribution in [0.25, 0.3) is 6.08 Å². The van der Waals surface area contributed by atoms with E-state index in [9.17, 15) is 9.18 Å². The van der Waals surface area contributed by atoms with Crippen molar-refractivity contribution in [3.63, 3.8) is 0 Å². The molecule has 0 atom stereocenters. The molecule has 1 aromatic carbocycles. The summed E-state index contributed by atoms with van der Waals surface area (Å²) in [6, 6.07) is 11.3. The first-order valence-electron chi connectivity index (χ1n) is 7.69. The van der Waals surface area contributed by atoms with Gasteiger partial charge in [0, 0.05) is 23.3 Å². The van der Waals surface area contributed by atoms with E-state index in [0.717, 1.165) is 10.7 Å². The van der Waals surface area contributed by atoms with Gasteiger partial charge in [0.15, 0.2) is 0 Å². The third-order valence-electron chi connectivity index (χ3n) is 3.48. The van der Waals surface area contributed by atoms with Crippen molar-refractivity contribution in [2.24, 2.45) is 0 Å². The molecule has 6 heteroatoms. The van der Waals surface area contributed by atoms with Crippen molar-refractivity contribution in [2.45, 2.75) is 13.5 Å². The van der Waals surface area contributed by atoms with Gasteiger partial charge in [0.1, 0.15) is 5.82 Å². The molecule has 0 fully saturated rings. The Balaban J connectivity index is 1.85. The van der Waals surface area contributed by atoms with Gasteiger partial charge < -0.3 is 4.90 Å². The molecule has 0 aliphatic rings. The third-order valence-corrected chi connectivity index (χ3v) is 4.30. The standard InChI is InChI=1S/C19H16FN3OS/c1-14-22-17(13-25-14)12-23(18-8-5-15(20)6-9-18)19(24)10-7-16-4-2-3-11-21-16/h2-11,13H,12H2,1H3. The van der Waals surface area contributed by atoms with Gasteiger partial charge in [-0.05, 0) is 49.4 Å². The molecule has 2 heterocycles. The fourth-order valence-corrected chi connectivity index (χ4v) is 2.89. The summed E-state index contributed by atoms with van der Waals surface area (Å²) in [5, 5.41) is 2.85. The Labute approximate surface area is 149 Å². The van der Waals surface area contributed by atoms with Crippen LogP contribution in [0.15, 0.2) is 60.1 Å². The summed E-state index contributed by atoms with van der Waals surface area (Å²) < 4.78 is 13.2. The van der Waals surface area contributed by atoms with E-state index >= 15 is 0 Å². The van der Waals surface area contributed by atoms with Gasteiger partial charge >= 0.3 is 0 Å². The Kier molecular flexibility index (Phi) is 5.30. The Bertz CT molecular complexity index is 875. The number of benzene rings is 1. The van der Waals surface area contributed by atoms with Gasteiger partial charge in [-0.25, -0.2) is 9.37 Å². The molecule has 0 aliphatic carbocycles. The third kappa shape index (κ3) is 4.58. The number of anilines is 1. The lowest BCUT2D eigenvalue weighted by Gasteiger charge is -2.20. The monoisotopic (exact) mass is 353 g/mol. The van der Waals surface area contributed by atoms with Gasteiger partial charge in [0.2, 0.25) is 0 Å². The van der Waals surface area contributed by atoms with Gasteiger partial charge in [-0.3, -0.25) is 9.78 Å². The van der Waals surface area contributed by atoms with Crippen LogP contribution in [-0.4, -0.2) is 15.9 Å². The number of halogens is 1. The molecule has 0 spiro atoms. The van der Waals surface area contributed by atoms with E-state index in [1.165, 1.54) is 29.5 Å². The zero-order valence-corrected chi connectivity index (χ0v) is 14.4. The zero-order valence-electron chi connectivity index (χ0n) is 13.6. The van der Waals surface area contributed by atoms with Crippen molar-refractivity contribution in [1.29, 1.82) is 0 Å². The number of amides is 1. The molecule has 0 bridgehead atoms. The minimum absolute atomic E-state index is 0.220. The molecule has 2 aromatic heterocycles. The number of carbonyl (C=O) groups is 1. The summed E-state index contributed by atoms with van der Waals surface area (Å²) in [6.45, 7) is 2.24. The predicted octanol–water partition coefficient (Wildman–Crippen LogP) is 4.23. The molecular weight excluding hydrogens is 337 g/mol. The molecule has 25 heavy (non-hydrogen) atoms. The van der Waals surface area contributed by atoms with Crippen LogP contribution in [0.3, 0.4) is 0 Å². The minimum atomic E-state index is -0.343. The van der Waals surface area contributed by atoms with Crippen molar-refractivity contribution in [3.05, 3.63) is 82.3 Å². The molecule has 4 nitrogen and oxygen atoms in total. The van der Waals surface area contributed by atoms with Gasteiger partial charge in [0.25, 0.3) is 5.91 Å². The van der Waals surface area contributed by atoms with Crippen LogP contribution in [0, 0.1) is 12.7 Å². The summed E-state index contributed by atoms with van der Waals surface area (Å²) in [7, 11) is 0. The highest BCUT2D eigenvalue weighted by Gasteiger charge is 2.15. The normalized spacial score (nSPS) is 11.0. The van der Waals surface area contributed by atoms with Crippen molar-refractivity contribution in [3.8, 4) is 0 Å². The number of thiazole rings is 1. The lowest BCUT2D eigenvalue weighted by atomic mass is 10.2. The average molecular weight is 353 g/mol. The van der Waals surface area contributed by atoms with Crippen molar-refractivity contribution >= 4 is 29.0 Å². The van der Waals surface area contributed by atoms with Crippen LogP contribution in [0.2, 0.25) is 0 Å². The van der Waals surface area contributed by atoms with Crippen molar-refractivity contribution in [2.75, 3.05) is 4.90 Å². The summed E-state index contributed by atoms with van der Waals surface area (Å²) in [5.74, 6) is -0.562. The highest BCUT2D eigenvalue weighted by atomic mass is 32.1. The molecule has 126 valence electrons. The lowest BCUT2D eigenvalue weighted by molar-refractivity contribution is -0.114. The van der Waals surface area contributed by atoms with E-state index in [-0.39, 0.29) is 11.7 Å². The summed E-state index contributed by atoms with van der Waals surface area (Å²) in [6.07, 6.45) is 4.79. The number of nitrogens with zero attached hydrogens (tertiary/aromatic N) is 3. The Hall–Kier alpha value is -2.86. The van der Waals surface area contributed by atoms with Crippen LogP contribution >= 0.6 is 11.3 Å². The maximum Gasteiger partial charge on any atom is 0.251 e. The van der Waals surface area contributed by atoms with E-state index in [2.05, 4.69) is 9.97 Å². The molecule has 0 saturated heterocycles. The Morgan fingerprint density at radius 2 is 2.04 bits per heavy atom. The van der Waals surface area contributed by atoms with Gasteiger partial charge in [0.05, 0.1) is 22.9 Å². The highest BCUT2D eigenvalue weighted by molar-refractivity contribution is 7.09. The van der Waals surface area contributed by atoms with Crippen LogP contribution in [-0.2, 0) is 11.3 Å². The number of hydrogen-bond donors (Lipinski definition) is 0. The second-order valence-corrected chi connectivity index (χ2v) is 6.41. The zero-order chi connectivity index (χ0) is 17.6. The van der Waals surface area contributed by atoms with Crippen molar-refractivity contribution in [1.82, 2.24) is 9.97 Å². The largest absolute Gasteiger partial charge is 0.303 e. The first-order valence-corrected chi connectivity index (χ1v) is 8.57. The molecule has 0 saturated carbocycles. The number of aromatic nitrogens is 2. The number of pyridine rings is 1. The molecule has 0 radical (unpaired) electrons. The fraction of sp³-hybridized carbons (Fsp3) is 0.105. The maximum absolute atomic E-state index is 13.2. The smallest absolute Gasteiger partial charge is 0.251 e. The van der Waals surface area contributed by atoms with Crippen LogP contribution < -0.4 is 4.90 Å². The molecule has 0 unspecified atom stereocenters. The first kappa shape index (κ1) is 17.0. The van der Waals surface area contributed by atoms with E-state index in [0.29, 0.717) is 17.9 Å². The molecule has 3 aromatic rings. The molecule has 3 rings (SSSR count). The summed E-state index contributed by atoms with van der Waals surface area (Å²) >= 11 is 1.53. The van der Waals surface area contributed by atoms with Crippen LogP contribution in [0.5, 0.6) is 0 Å². The maximum atomic E-state index is 13.2. The quantitative estimate of drug-likeness (QED) is 0.645. The van der Waals surface area contributed by atoms with Gasteiger partial charge in [-0.2, -0.15) is 0 Å². The topological polar surface area (TPSA) is 46.1 Å². The minimum Gasteiger partial charge on any atom is -0.303 e. The van der Waals surface area contributed by atoms with Crippen LogP contribution in [0.1, 0.15) is 16.4 Å². The average Bonchev–Trinajstić information content (AvgIpc) is 3.04. The predicted molar refractivity (Wildman–Crippen MR) is 97.7 cm³/mol. The van der Waals surface area contributed by atoms with E-state index in [4.69, 9.17) is 0 Å². The highest BCUT2D eigenvalue weighted by Crippen LogP contribution is 2.20. The van der Waals surface area contributed by atoms with Crippen molar-refractivity contribution < 1.29 is 9.18 Å². The molecular formula is C19H16FN3OS. The Morgan fingerprint density at radius 1 is 1.24 bits per heavy atom. The molecule has 0 N–H and O–H groups in total.